The first-order valence-corrected chi connectivity index (χ1v) is 8.60. The molecule has 0 saturated heterocycles. The Morgan fingerprint density at radius 1 is 1.43 bits per heavy atom. The largest absolute Gasteiger partial charge is 0.398 e. The quantitative estimate of drug-likeness (QED) is 0.779. The zero-order valence-corrected chi connectivity index (χ0v) is 14.2. The Morgan fingerprint density at radius 2 is 2.14 bits per heavy atom. The normalized spacial score (nSPS) is 11.8. The van der Waals surface area contributed by atoms with Crippen molar-refractivity contribution in [3.8, 4) is 0 Å². The van der Waals surface area contributed by atoms with Crippen LogP contribution in [0.25, 0.3) is 0 Å². The van der Waals surface area contributed by atoms with Crippen molar-refractivity contribution in [2.24, 2.45) is 7.05 Å². The van der Waals surface area contributed by atoms with Crippen LogP contribution < -0.4 is 10.5 Å². The maximum Gasteiger partial charge on any atom is 0.240 e. The first-order valence-electron chi connectivity index (χ1n) is 6.32. The summed E-state index contributed by atoms with van der Waals surface area (Å²) in [6.07, 6.45) is 4.16. The first-order chi connectivity index (χ1) is 9.79. The van der Waals surface area contributed by atoms with Gasteiger partial charge in [-0.1, -0.05) is 0 Å². The van der Waals surface area contributed by atoms with Gasteiger partial charge in [0.2, 0.25) is 10.0 Å². The molecule has 1 aromatic heterocycles. The Morgan fingerprint density at radius 3 is 2.76 bits per heavy atom. The van der Waals surface area contributed by atoms with Crippen LogP contribution in [0, 0.1) is 6.92 Å². The molecular formula is C13H17BrN4O2S. The highest BCUT2D eigenvalue weighted by atomic mass is 79.9. The van der Waals surface area contributed by atoms with Crippen molar-refractivity contribution in [3.63, 3.8) is 0 Å². The third-order valence-corrected chi connectivity index (χ3v) is 5.34. The van der Waals surface area contributed by atoms with Gasteiger partial charge in [-0.05, 0) is 52.5 Å². The minimum absolute atomic E-state index is 0.203. The van der Waals surface area contributed by atoms with E-state index in [0.29, 0.717) is 28.7 Å². The fourth-order valence-electron chi connectivity index (χ4n) is 1.97. The second-order valence-electron chi connectivity index (χ2n) is 4.81. The highest BCUT2D eigenvalue weighted by Gasteiger charge is 2.17. The summed E-state index contributed by atoms with van der Waals surface area (Å²) in [4.78, 5) is 0.203. The lowest BCUT2D eigenvalue weighted by Crippen LogP contribution is -2.26. The second kappa shape index (κ2) is 6.17. The summed E-state index contributed by atoms with van der Waals surface area (Å²) >= 11 is 3.28. The van der Waals surface area contributed by atoms with Crippen LogP contribution in [-0.2, 0) is 23.5 Å². The van der Waals surface area contributed by atoms with Crippen molar-refractivity contribution in [3.05, 3.63) is 40.1 Å². The van der Waals surface area contributed by atoms with Gasteiger partial charge >= 0.3 is 0 Å². The van der Waals surface area contributed by atoms with E-state index in [2.05, 4.69) is 25.8 Å². The number of rotatable bonds is 5. The molecule has 6 nitrogen and oxygen atoms in total. The number of nitrogens with zero attached hydrogens (tertiary/aromatic N) is 2. The topological polar surface area (TPSA) is 90.0 Å². The Balaban J connectivity index is 2.10. The summed E-state index contributed by atoms with van der Waals surface area (Å²) in [5.74, 6) is 0. The Kier molecular flexibility index (Phi) is 4.70. The van der Waals surface area contributed by atoms with E-state index >= 15 is 0 Å². The molecule has 1 aromatic carbocycles. The smallest absolute Gasteiger partial charge is 0.240 e. The molecular weight excluding hydrogens is 356 g/mol. The lowest BCUT2D eigenvalue weighted by Gasteiger charge is -2.11. The maximum atomic E-state index is 12.3. The molecule has 2 aromatic rings. The molecule has 0 aliphatic rings. The fourth-order valence-corrected chi connectivity index (χ4v) is 3.72. The van der Waals surface area contributed by atoms with Gasteiger partial charge in [0.15, 0.2) is 0 Å². The molecule has 21 heavy (non-hydrogen) atoms. The van der Waals surface area contributed by atoms with E-state index in [1.807, 2.05) is 13.2 Å². The molecule has 0 unspecified atom stereocenters. The van der Waals surface area contributed by atoms with Crippen molar-refractivity contribution >= 4 is 31.6 Å². The number of hydrogen-bond acceptors (Lipinski definition) is 4. The predicted molar refractivity (Wildman–Crippen MR) is 85.4 cm³/mol. The third-order valence-electron chi connectivity index (χ3n) is 3.05. The average Bonchev–Trinajstić information content (AvgIpc) is 2.79. The van der Waals surface area contributed by atoms with Crippen LogP contribution in [-0.4, -0.2) is 24.7 Å². The molecule has 0 atom stereocenters. The minimum Gasteiger partial charge on any atom is -0.398 e. The van der Waals surface area contributed by atoms with E-state index in [1.165, 1.54) is 6.07 Å². The Hall–Kier alpha value is -1.38. The van der Waals surface area contributed by atoms with E-state index in [0.717, 1.165) is 5.56 Å². The van der Waals surface area contributed by atoms with Gasteiger partial charge in [-0.2, -0.15) is 5.10 Å². The molecule has 0 radical (unpaired) electrons. The summed E-state index contributed by atoms with van der Waals surface area (Å²) in [5.41, 5.74) is 7.78. The van der Waals surface area contributed by atoms with E-state index in [1.54, 1.807) is 23.9 Å². The van der Waals surface area contributed by atoms with Crippen LogP contribution in [0.3, 0.4) is 0 Å². The Labute approximate surface area is 132 Å². The monoisotopic (exact) mass is 372 g/mol. The number of aromatic nitrogens is 2. The molecule has 0 amide bonds. The second-order valence-corrected chi connectivity index (χ2v) is 7.40. The van der Waals surface area contributed by atoms with E-state index in [9.17, 15) is 8.42 Å². The highest BCUT2D eigenvalue weighted by molar-refractivity contribution is 9.10. The summed E-state index contributed by atoms with van der Waals surface area (Å²) in [6.45, 7) is 2.04. The van der Waals surface area contributed by atoms with Gasteiger partial charge in [0.1, 0.15) is 0 Å². The SMILES string of the molecule is Cc1cc(Br)c(N)cc1S(=O)(=O)NCCc1cnn(C)c1. The number of nitrogens with two attached hydrogens (primary N) is 1. The van der Waals surface area contributed by atoms with Crippen LogP contribution in [0.15, 0.2) is 33.9 Å². The molecule has 2 rings (SSSR count). The highest BCUT2D eigenvalue weighted by Crippen LogP contribution is 2.26. The summed E-state index contributed by atoms with van der Waals surface area (Å²) in [5, 5.41) is 4.04. The molecule has 0 saturated carbocycles. The molecule has 1 heterocycles. The molecule has 0 spiro atoms. The lowest BCUT2D eigenvalue weighted by molar-refractivity contribution is 0.581. The molecule has 0 aliphatic heterocycles. The van der Waals surface area contributed by atoms with Gasteiger partial charge in [-0.3, -0.25) is 4.68 Å². The zero-order valence-electron chi connectivity index (χ0n) is 11.8. The van der Waals surface area contributed by atoms with Crippen molar-refractivity contribution in [1.82, 2.24) is 14.5 Å². The summed E-state index contributed by atoms with van der Waals surface area (Å²) < 4.78 is 29.6. The lowest BCUT2D eigenvalue weighted by atomic mass is 10.2. The number of hydrogen-bond donors (Lipinski definition) is 2. The number of nitrogens with one attached hydrogen (secondary N) is 1. The molecule has 0 aliphatic carbocycles. The van der Waals surface area contributed by atoms with Gasteiger partial charge in [0.25, 0.3) is 0 Å². The van der Waals surface area contributed by atoms with Crippen molar-refractivity contribution < 1.29 is 8.42 Å². The first kappa shape index (κ1) is 16.0. The minimum atomic E-state index is -3.57. The number of aryl methyl sites for hydroxylation is 2. The molecule has 0 bridgehead atoms. The van der Waals surface area contributed by atoms with E-state index in [4.69, 9.17) is 5.73 Å². The number of sulfonamides is 1. The molecule has 3 N–H and O–H groups in total. The van der Waals surface area contributed by atoms with E-state index in [-0.39, 0.29) is 4.90 Å². The van der Waals surface area contributed by atoms with Crippen LogP contribution in [0.1, 0.15) is 11.1 Å². The third kappa shape index (κ3) is 3.84. The predicted octanol–water partition coefficient (Wildman–Crippen LogP) is 1.59. The number of nitrogen functional groups attached to an aromatic ring is 1. The van der Waals surface area contributed by atoms with Crippen LogP contribution >= 0.6 is 15.9 Å². The van der Waals surface area contributed by atoms with Gasteiger partial charge in [-0.25, -0.2) is 13.1 Å². The number of halogens is 1. The fraction of sp³-hybridized carbons (Fsp3) is 0.308. The van der Waals surface area contributed by atoms with Crippen LogP contribution in [0.4, 0.5) is 5.69 Å². The maximum absolute atomic E-state index is 12.3. The van der Waals surface area contributed by atoms with Gasteiger partial charge in [0, 0.05) is 29.9 Å². The van der Waals surface area contributed by atoms with Gasteiger partial charge in [0.05, 0.1) is 11.1 Å². The standard InChI is InChI=1S/C13H17BrN4O2S/c1-9-5-11(14)12(15)6-13(9)21(19,20)17-4-3-10-7-16-18(2)8-10/h5-8,17H,3-4,15H2,1-2H3. The van der Waals surface area contributed by atoms with E-state index < -0.39 is 10.0 Å². The van der Waals surface area contributed by atoms with Crippen molar-refractivity contribution in [2.45, 2.75) is 18.2 Å². The molecule has 114 valence electrons. The molecule has 0 fully saturated rings. The number of anilines is 1. The van der Waals surface area contributed by atoms with Crippen LogP contribution in [0.5, 0.6) is 0 Å². The summed E-state index contributed by atoms with van der Waals surface area (Å²) in [6, 6.07) is 3.16. The average molecular weight is 373 g/mol. The van der Waals surface area contributed by atoms with Crippen molar-refractivity contribution in [1.29, 1.82) is 0 Å². The summed E-state index contributed by atoms with van der Waals surface area (Å²) in [7, 11) is -1.75. The van der Waals surface area contributed by atoms with Gasteiger partial charge < -0.3 is 5.73 Å². The number of benzene rings is 1. The molecule has 8 heteroatoms. The van der Waals surface area contributed by atoms with Crippen LogP contribution in [0.2, 0.25) is 0 Å². The van der Waals surface area contributed by atoms with Gasteiger partial charge in [-0.15, -0.1) is 0 Å². The zero-order chi connectivity index (χ0) is 15.6. The Bertz CT molecular complexity index is 756. The van der Waals surface area contributed by atoms with Crippen molar-refractivity contribution in [2.75, 3.05) is 12.3 Å².